The average Bonchev–Trinajstić information content (AvgIpc) is 4.02. The van der Waals surface area contributed by atoms with Gasteiger partial charge in [0.05, 0.1) is 38.5 Å². The van der Waals surface area contributed by atoms with Crippen molar-refractivity contribution in [2.45, 2.75) is 0 Å². The van der Waals surface area contributed by atoms with Crippen molar-refractivity contribution >= 4 is 87.4 Å². The van der Waals surface area contributed by atoms with E-state index in [9.17, 15) is 0 Å². The Balaban J connectivity index is 0.984. The summed E-state index contributed by atoms with van der Waals surface area (Å²) < 4.78 is 13.9. The van der Waals surface area contributed by atoms with Crippen molar-refractivity contribution in [3.05, 3.63) is 200 Å². The van der Waals surface area contributed by atoms with E-state index in [0.29, 0.717) is 0 Å². The highest BCUT2D eigenvalue weighted by molar-refractivity contribution is 6.24. The molecule has 0 unspecified atom stereocenters. The number of aromatic nitrogens is 3. The first-order chi connectivity index (χ1) is 28.8. The molecule has 0 aliphatic heterocycles. The molecule has 0 radical (unpaired) electrons. The van der Waals surface area contributed by atoms with Gasteiger partial charge >= 0.3 is 0 Å². The summed E-state index contributed by atoms with van der Waals surface area (Å²) in [6.45, 7) is 0. The Bertz CT molecular complexity index is 3790. The van der Waals surface area contributed by atoms with Crippen molar-refractivity contribution in [2.75, 3.05) is 0 Å². The summed E-state index contributed by atoms with van der Waals surface area (Å²) in [4.78, 5) is 0. The van der Waals surface area contributed by atoms with E-state index in [2.05, 4.69) is 214 Å². The van der Waals surface area contributed by atoms with Gasteiger partial charge in [0.1, 0.15) is 11.2 Å². The predicted molar refractivity (Wildman–Crippen MR) is 242 cm³/mol. The number of fused-ring (bicyclic) bond motifs is 13. The molecule has 13 aromatic rings. The van der Waals surface area contributed by atoms with Crippen LogP contribution in [0.1, 0.15) is 0 Å². The van der Waals surface area contributed by atoms with Gasteiger partial charge in [-0.15, -0.1) is 0 Å². The van der Waals surface area contributed by atoms with Crippen molar-refractivity contribution < 1.29 is 4.42 Å². The van der Waals surface area contributed by atoms with Gasteiger partial charge in [0.25, 0.3) is 0 Å². The van der Waals surface area contributed by atoms with Gasteiger partial charge < -0.3 is 18.1 Å². The van der Waals surface area contributed by atoms with Crippen LogP contribution in [0.3, 0.4) is 0 Å². The molecule has 270 valence electrons. The van der Waals surface area contributed by atoms with Gasteiger partial charge in [-0.25, -0.2) is 0 Å². The lowest BCUT2D eigenvalue weighted by Crippen LogP contribution is -1.93. The highest BCUT2D eigenvalue weighted by atomic mass is 16.3. The molecule has 0 N–H and O–H groups in total. The first-order valence-electron chi connectivity index (χ1n) is 19.8. The molecule has 4 aromatic heterocycles. The monoisotopic (exact) mass is 739 g/mol. The highest BCUT2D eigenvalue weighted by Crippen LogP contribution is 2.43. The van der Waals surface area contributed by atoms with Crippen LogP contribution in [0.4, 0.5) is 0 Å². The van der Waals surface area contributed by atoms with E-state index in [0.717, 1.165) is 44.2 Å². The van der Waals surface area contributed by atoms with E-state index < -0.39 is 0 Å². The van der Waals surface area contributed by atoms with Crippen LogP contribution in [0.2, 0.25) is 0 Å². The molecule has 0 saturated heterocycles. The number of furan rings is 1. The molecule has 0 saturated carbocycles. The zero-order valence-electron chi connectivity index (χ0n) is 31.3. The van der Waals surface area contributed by atoms with Crippen LogP contribution in [0.5, 0.6) is 0 Å². The molecule has 0 aliphatic carbocycles. The first-order valence-corrected chi connectivity index (χ1v) is 19.8. The van der Waals surface area contributed by atoms with Crippen LogP contribution in [-0.2, 0) is 0 Å². The fourth-order valence-electron chi connectivity index (χ4n) is 9.71. The maximum absolute atomic E-state index is 6.79. The number of rotatable bonds is 4. The Hall–Kier alpha value is -7.82. The van der Waals surface area contributed by atoms with Gasteiger partial charge in [0, 0.05) is 54.8 Å². The molecular formula is C54H33N3O. The average molecular weight is 740 g/mol. The molecule has 0 spiro atoms. The number of hydrogen-bond donors (Lipinski definition) is 0. The minimum atomic E-state index is 0.884. The second kappa shape index (κ2) is 11.8. The molecule has 0 fully saturated rings. The highest BCUT2D eigenvalue weighted by Gasteiger charge is 2.20. The summed E-state index contributed by atoms with van der Waals surface area (Å²) in [5.74, 6) is 0. The molecule has 13 rings (SSSR count). The Labute approximate surface area is 332 Å². The Morgan fingerprint density at radius 3 is 1.34 bits per heavy atom. The molecule has 4 heteroatoms. The number of hydrogen-bond acceptors (Lipinski definition) is 1. The zero-order chi connectivity index (χ0) is 37.9. The van der Waals surface area contributed by atoms with Crippen molar-refractivity contribution in [3.8, 4) is 28.2 Å². The largest absolute Gasteiger partial charge is 0.455 e. The van der Waals surface area contributed by atoms with Gasteiger partial charge in [-0.05, 0) is 108 Å². The number of benzene rings is 9. The number of nitrogens with zero attached hydrogens (tertiary/aromatic N) is 3. The molecule has 58 heavy (non-hydrogen) atoms. The van der Waals surface area contributed by atoms with Crippen LogP contribution in [0.25, 0.3) is 116 Å². The third kappa shape index (κ3) is 4.34. The van der Waals surface area contributed by atoms with Crippen molar-refractivity contribution in [2.24, 2.45) is 0 Å². The van der Waals surface area contributed by atoms with E-state index in [1.165, 1.54) is 71.3 Å². The van der Waals surface area contributed by atoms with Crippen molar-refractivity contribution in [1.82, 2.24) is 13.7 Å². The first kappa shape index (κ1) is 31.4. The van der Waals surface area contributed by atoms with Gasteiger partial charge in [0.15, 0.2) is 0 Å². The molecule has 4 heterocycles. The maximum atomic E-state index is 6.79. The van der Waals surface area contributed by atoms with Gasteiger partial charge in [-0.2, -0.15) is 0 Å². The topological polar surface area (TPSA) is 27.9 Å². The minimum absolute atomic E-state index is 0.884. The molecule has 0 amide bonds. The molecule has 0 bridgehead atoms. The van der Waals surface area contributed by atoms with Crippen LogP contribution < -0.4 is 0 Å². The third-order valence-corrected chi connectivity index (χ3v) is 12.2. The molecule has 9 aromatic carbocycles. The predicted octanol–water partition coefficient (Wildman–Crippen LogP) is 14.5. The summed E-state index contributed by atoms with van der Waals surface area (Å²) in [6, 6.07) is 72.4. The lowest BCUT2D eigenvalue weighted by molar-refractivity contribution is 0.673. The van der Waals surface area contributed by atoms with Crippen LogP contribution in [0, 0.1) is 0 Å². The van der Waals surface area contributed by atoms with E-state index in [-0.39, 0.29) is 0 Å². The minimum Gasteiger partial charge on any atom is -0.455 e. The maximum Gasteiger partial charge on any atom is 0.145 e. The van der Waals surface area contributed by atoms with Crippen molar-refractivity contribution in [3.63, 3.8) is 0 Å². The van der Waals surface area contributed by atoms with Gasteiger partial charge in [0.2, 0.25) is 0 Å². The summed E-state index contributed by atoms with van der Waals surface area (Å²) in [5, 5.41) is 9.52. The lowest BCUT2D eigenvalue weighted by Gasteiger charge is -2.09. The summed E-state index contributed by atoms with van der Waals surface area (Å²) in [6.07, 6.45) is 0. The van der Waals surface area contributed by atoms with E-state index in [1.54, 1.807) is 0 Å². The fourth-order valence-corrected chi connectivity index (χ4v) is 9.71. The van der Waals surface area contributed by atoms with Gasteiger partial charge in [-0.1, -0.05) is 103 Å². The number of para-hydroxylation sites is 5. The summed E-state index contributed by atoms with van der Waals surface area (Å²) >= 11 is 0. The van der Waals surface area contributed by atoms with Crippen LogP contribution in [-0.4, -0.2) is 13.7 Å². The second-order valence-corrected chi connectivity index (χ2v) is 15.3. The van der Waals surface area contributed by atoms with E-state index in [4.69, 9.17) is 4.42 Å². The Kier molecular flexibility index (Phi) is 6.41. The Morgan fingerprint density at radius 2 is 0.741 bits per heavy atom. The standard InChI is InChI=1S/C54H33N3O/c1-3-13-36(14-4-1)55-46-20-10-7-17-39(46)43-31-34(23-27-49(43)55)35-24-28-50-44(32-35)40-18-8-11-21-47(40)57(50)38-25-30-52-45(33-38)41-26-29-51-53(54(41)58-52)42-19-9-12-22-48(42)56(51)37-15-5-2-6-16-37/h1-33H. The molecular weight excluding hydrogens is 707 g/mol. The quantitative estimate of drug-likeness (QED) is 0.177. The van der Waals surface area contributed by atoms with E-state index in [1.807, 2.05) is 0 Å². The van der Waals surface area contributed by atoms with Crippen molar-refractivity contribution in [1.29, 1.82) is 0 Å². The van der Waals surface area contributed by atoms with E-state index >= 15 is 0 Å². The summed E-state index contributed by atoms with van der Waals surface area (Å²) in [5.41, 5.74) is 14.7. The van der Waals surface area contributed by atoms with Gasteiger partial charge in [-0.3, -0.25) is 0 Å². The third-order valence-electron chi connectivity index (χ3n) is 12.2. The van der Waals surface area contributed by atoms with Crippen LogP contribution in [0.15, 0.2) is 205 Å². The zero-order valence-corrected chi connectivity index (χ0v) is 31.3. The summed E-state index contributed by atoms with van der Waals surface area (Å²) in [7, 11) is 0. The molecule has 0 aliphatic rings. The normalized spacial score (nSPS) is 12.1. The lowest BCUT2D eigenvalue weighted by atomic mass is 10.0. The second-order valence-electron chi connectivity index (χ2n) is 15.3. The fraction of sp³-hybridized carbons (Fsp3) is 0. The smallest absolute Gasteiger partial charge is 0.145 e. The Morgan fingerprint density at radius 1 is 0.276 bits per heavy atom. The molecule has 4 nitrogen and oxygen atoms in total. The SMILES string of the molecule is c1ccc(-n2c3ccccc3c3cc(-c4ccc5c(c4)c4ccccc4n5-c4ccc5oc6c(ccc7c6c6ccccc6n7-c6ccccc6)c5c4)ccc32)cc1. The molecule has 0 atom stereocenters. The van der Waals surface area contributed by atoms with Crippen LogP contribution >= 0.6 is 0 Å².